The van der Waals surface area contributed by atoms with Crippen LogP contribution in [-0.4, -0.2) is 4.98 Å². The number of azo groups is 1. The van der Waals surface area contributed by atoms with Gasteiger partial charge in [-0.15, -0.1) is 0 Å². The van der Waals surface area contributed by atoms with Gasteiger partial charge < -0.3 is 0 Å². The molecule has 0 saturated heterocycles. The first-order valence-corrected chi connectivity index (χ1v) is 8.78. The number of halogens is 2. The Morgan fingerprint density at radius 1 is 0.840 bits per heavy atom. The second-order valence-corrected chi connectivity index (χ2v) is 6.91. The Bertz CT molecular complexity index is 892. The summed E-state index contributed by atoms with van der Waals surface area (Å²) >= 11 is 12.0. The number of nitrogens with zero attached hydrogens (tertiary/aromatic N) is 3. The van der Waals surface area contributed by atoms with Gasteiger partial charge in [-0.3, -0.25) is 0 Å². The minimum Gasteiger partial charge on any atom is -0.244 e. The van der Waals surface area contributed by atoms with E-state index in [1.807, 2.05) is 48.5 Å². The summed E-state index contributed by atoms with van der Waals surface area (Å²) in [5.41, 5.74) is 2.64. The molecular weight excluding hydrogens is 353 g/mol. The molecule has 2 unspecified atom stereocenters. The van der Waals surface area contributed by atoms with Crippen molar-refractivity contribution in [1.82, 2.24) is 4.98 Å². The predicted octanol–water partition coefficient (Wildman–Crippen LogP) is 6.23. The van der Waals surface area contributed by atoms with Crippen molar-refractivity contribution in [1.29, 1.82) is 0 Å². The van der Waals surface area contributed by atoms with E-state index in [0.717, 1.165) is 28.1 Å². The molecule has 0 N–H and O–H groups in total. The fraction of sp³-hybridized carbons (Fsp3) is 0.150. The smallest absolute Gasteiger partial charge is 0.135 e. The molecule has 0 bridgehead atoms. The van der Waals surface area contributed by atoms with Crippen LogP contribution in [0.15, 0.2) is 83.2 Å². The zero-order chi connectivity index (χ0) is 17.3. The van der Waals surface area contributed by atoms with Crippen molar-refractivity contribution in [2.75, 3.05) is 0 Å². The predicted molar refractivity (Wildman–Crippen MR) is 100 cm³/mol. The molecule has 1 aliphatic heterocycles. The molecule has 1 aromatic heterocycles. The van der Waals surface area contributed by atoms with Crippen molar-refractivity contribution in [2.24, 2.45) is 10.2 Å². The van der Waals surface area contributed by atoms with Gasteiger partial charge in [0.1, 0.15) is 10.7 Å². The molecule has 25 heavy (non-hydrogen) atoms. The van der Waals surface area contributed by atoms with E-state index in [4.69, 9.17) is 28.3 Å². The molecule has 4 rings (SSSR count). The number of aromatic nitrogens is 1. The van der Waals surface area contributed by atoms with Gasteiger partial charge >= 0.3 is 0 Å². The van der Waals surface area contributed by atoms with Gasteiger partial charge in [0.25, 0.3) is 0 Å². The molecule has 2 heterocycles. The summed E-state index contributed by atoms with van der Waals surface area (Å²) in [7, 11) is 0. The lowest BCUT2D eigenvalue weighted by Crippen LogP contribution is -2.23. The molecule has 0 fully saturated rings. The summed E-state index contributed by atoms with van der Waals surface area (Å²) in [6.45, 7) is 0. The van der Waals surface area contributed by atoms with Gasteiger partial charge in [0, 0.05) is 23.2 Å². The molecule has 0 spiro atoms. The zero-order valence-corrected chi connectivity index (χ0v) is 14.8. The van der Waals surface area contributed by atoms with Crippen LogP contribution in [0.3, 0.4) is 0 Å². The lowest BCUT2D eigenvalue weighted by molar-refractivity contribution is 0.516. The van der Waals surface area contributed by atoms with Crippen LogP contribution in [0.4, 0.5) is 0 Å². The van der Waals surface area contributed by atoms with E-state index in [1.54, 1.807) is 12.3 Å². The Hall–Kier alpha value is -2.23. The maximum atomic E-state index is 6.01. The third-order valence-corrected chi connectivity index (χ3v) is 5.04. The summed E-state index contributed by atoms with van der Waals surface area (Å²) in [4.78, 5) is 4.25. The highest BCUT2D eigenvalue weighted by atomic mass is 35.5. The van der Waals surface area contributed by atoms with Crippen molar-refractivity contribution >= 4 is 23.2 Å². The lowest BCUT2D eigenvalue weighted by Gasteiger charge is -2.26. The average Bonchev–Trinajstić information content (AvgIpc) is 3.10. The van der Waals surface area contributed by atoms with Crippen LogP contribution in [0, 0.1) is 0 Å². The first kappa shape index (κ1) is 16.2. The molecule has 124 valence electrons. The van der Waals surface area contributed by atoms with Gasteiger partial charge in [-0.2, -0.15) is 10.2 Å². The Labute approximate surface area is 156 Å². The first-order valence-electron chi connectivity index (χ1n) is 8.02. The molecular formula is C20H15Cl2N3. The third kappa shape index (κ3) is 3.06. The van der Waals surface area contributed by atoms with Crippen molar-refractivity contribution in [3.8, 4) is 0 Å². The topological polar surface area (TPSA) is 37.6 Å². The maximum absolute atomic E-state index is 6.01. The van der Waals surface area contributed by atoms with Crippen LogP contribution in [0.1, 0.15) is 29.2 Å². The molecule has 0 radical (unpaired) electrons. The number of benzene rings is 2. The number of pyridine rings is 1. The quantitative estimate of drug-likeness (QED) is 0.505. The van der Waals surface area contributed by atoms with Crippen LogP contribution in [0.25, 0.3) is 0 Å². The van der Waals surface area contributed by atoms with Gasteiger partial charge in [0.05, 0.1) is 6.04 Å². The first-order chi connectivity index (χ1) is 12.2. The Morgan fingerprint density at radius 2 is 1.60 bits per heavy atom. The van der Waals surface area contributed by atoms with Crippen molar-refractivity contribution in [3.05, 3.63) is 99.8 Å². The average molecular weight is 368 g/mol. The highest BCUT2D eigenvalue weighted by Gasteiger charge is 2.42. The van der Waals surface area contributed by atoms with Crippen molar-refractivity contribution in [2.45, 2.75) is 18.0 Å². The monoisotopic (exact) mass is 367 g/mol. The van der Waals surface area contributed by atoms with E-state index in [9.17, 15) is 0 Å². The molecule has 1 aliphatic rings. The van der Waals surface area contributed by atoms with E-state index in [0.29, 0.717) is 5.15 Å². The highest BCUT2D eigenvalue weighted by molar-refractivity contribution is 6.30. The summed E-state index contributed by atoms with van der Waals surface area (Å²) in [6.07, 6.45) is 2.53. The Balaban J connectivity index is 1.77. The van der Waals surface area contributed by atoms with Crippen LogP contribution in [0.2, 0.25) is 10.2 Å². The summed E-state index contributed by atoms with van der Waals surface area (Å²) in [5.74, 6) is 0. The maximum Gasteiger partial charge on any atom is 0.135 e. The molecule has 5 heteroatoms. The van der Waals surface area contributed by atoms with Crippen molar-refractivity contribution in [3.63, 3.8) is 0 Å². The zero-order valence-electron chi connectivity index (χ0n) is 13.3. The van der Waals surface area contributed by atoms with Gasteiger partial charge in [-0.05, 0) is 29.3 Å². The second kappa shape index (κ2) is 6.58. The van der Waals surface area contributed by atoms with Crippen LogP contribution in [-0.2, 0) is 5.54 Å². The fourth-order valence-corrected chi connectivity index (χ4v) is 3.49. The highest BCUT2D eigenvalue weighted by Crippen LogP contribution is 2.48. The normalized spacial score (nSPS) is 22.2. The Morgan fingerprint density at radius 3 is 2.28 bits per heavy atom. The molecule has 2 atom stereocenters. The lowest BCUT2D eigenvalue weighted by atomic mass is 9.79. The molecule has 3 nitrogen and oxygen atoms in total. The van der Waals surface area contributed by atoms with Crippen molar-refractivity contribution < 1.29 is 0 Å². The van der Waals surface area contributed by atoms with Crippen LogP contribution in [0.5, 0.6) is 0 Å². The van der Waals surface area contributed by atoms with Crippen LogP contribution >= 0.6 is 23.2 Å². The fourth-order valence-electron chi connectivity index (χ4n) is 3.25. The number of hydrogen-bond donors (Lipinski definition) is 0. The molecule has 0 aliphatic carbocycles. The summed E-state index contributed by atoms with van der Waals surface area (Å²) in [6, 6.07) is 21.7. The van der Waals surface area contributed by atoms with E-state index in [1.165, 1.54) is 0 Å². The van der Waals surface area contributed by atoms with Gasteiger partial charge in [0.2, 0.25) is 0 Å². The van der Waals surface area contributed by atoms with Gasteiger partial charge in [-0.1, -0.05) is 71.7 Å². The summed E-state index contributed by atoms with van der Waals surface area (Å²) < 4.78 is 0. The van der Waals surface area contributed by atoms with Crippen LogP contribution < -0.4 is 0 Å². The molecule has 3 aromatic rings. The van der Waals surface area contributed by atoms with Gasteiger partial charge in [-0.25, -0.2) is 4.98 Å². The Kier molecular flexibility index (Phi) is 4.28. The second-order valence-electron chi connectivity index (χ2n) is 6.08. The SMILES string of the molecule is Clc1ccc(C2CC(c3ccccc3)(c3ccc(Cl)nc3)N=N2)cc1. The van der Waals surface area contributed by atoms with E-state index in [2.05, 4.69) is 22.2 Å². The van der Waals surface area contributed by atoms with E-state index in [-0.39, 0.29) is 6.04 Å². The summed E-state index contributed by atoms with van der Waals surface area (Å²) in [5, 5.41) is 10.5. The third-order valence-electron chi connectivity index (χ3n) is 4.57. The minimum atomic E-state index is -0.552. The van der Waals surface area contributed by atoms with E-state index < -0.39 is 5.54 Å². The molecule has 2 aromatic carbocycles. The molecule has 0 saturated carbocycles. The molecule has 0 amide bonds. The number of rotatable bonds is 3. The number of hydrogen-bond acceptors (Lipinski definition) is 3. The largest absolute Gasteiger partial charge is 0.244 e. The minimum absolute atomic E-state index is 0.0202. The van der Waals surface area contributed by atoms with Gasteiger partial charge in [0.15, 0.2) is 0 Å². The standard InChI is InChI=1S/C20H15Cl2N3/c21-17-9-6-14(7-10-17)18-12-20(25-24-18,15-4-2-1-3-5-15)16-8-11-19(22)23-13-16/h1-11,13,18H,12H2. The van der Waals surface area contributed by atoms with E-state index >= 15 is 0 Å².